The second kappa shape index (κ2) is 4.55. The van der Waals surface area contributed by atoms with Crippen molar-refractivity contribution in [3.05, 3.63) is 0 Å². The average molecular weight is 232 g/mol. The lowest BCUT2D eigenvalue weighted by atomic mass is 9.92. The number of alkyl halides is 1. The molecule has 0 bridgehead atoms. The van der Waals surface area contributed by atoms with Crippen molar-refractivity contribution in [2.45, 2.75) is 18.6 Å². The Labute approximate surface area is 93.4 Å². The van der Waals surface area contributed by atoms with E-state index in [1.165, 1.54) is 4.90 Å². The van der Waals surface area contributed by atoms with Gasteiger partial charge in [-0.3, -0.25) is 4.90 Å². The Hall–Kier alpha value is -0.880. The van der Waals surface area contributed by atoms with Crippen molar-refractivity contribution >= 4 is 6.09 Å². The highest BCUT2D eigenvalue weighted by atomic mass is 19.1. The van der Waals surface area contributed by atoms with Gasteiger partial charge >= 0.3 is 6.09 Å². The molecule has 6 heteroatoms. The summed E-state index contributed by atoms with van der Waals surface area (Å²) in [4.78, 5) is 14.2. The summed E-state index contributed by atoms with van der Waals surface area (Å²) in [5.41, 5.74) is 0. The van der Waals surface area contributed by atoms with E-state index in [2.05, 4.69) is 0 Å². The Morgan fingerprint density at radius 3 is 2.50 bits per heavy atom. The molecule has 2 atom stereocenters. The maximum Gasteiger partial charge on any atom is 0.407 e. The Balaban J connectivity index is 1.94. The number of halogens is 1. The van der Waals surface area contributed by atoms with Crippen LogP contribution in [-0.4, -0.2) is 71.1 Å². The van der Waals surface area contributed by atoms with Crippen LogP contribution >= 0.6 is 0 Å². The summed E-state index contributed by atoms with van der Waals surface area (Å²) < 4.78 is 12.7. The number of amides is 1. The van der Waals surface area contributed by atoms with Crippen LogP contribution in [-0.2, 0) is 0 Å². The van der Waals surface area contributed by atoms with Crippen LogP contribution in [0.1, 0.15) is 6.42 Å². The highest BCUT2D eigenvalue weighted by molar-refractivity contribution is 5.65. The molecule has 2 saturated heterocycles. The lowest BCUT2D eigenvalue weighted by molar-refractivity contribution is -0.0190. The number of hydrogen-bond donors (Lipinski definition) is 2. The summed E-state index contributed by atoms with van der Waals surface area (Å²) in [5, 5.41) is 18.1. The van der Waals surface area contributed by atoms with Gasteiger partial charge in [0.15, 0.2) is 0 Å². The number of likely N-dealkylation sites (tertiary alicyclic amines) is 2. The lowest BCUT2D eigenvalue weighted by Crippen LogP contribution is -2.60. The van der Waals surface area contributed by atoms with Crippen LogP contribution in [0.4, 0.5) is 9.18 Å². The molecule has 0 aromatic rings. The van der Waals surface area contributed by atoms with Crippen molar-refractivity contribution in [1.82, 2.24) is 9.80 Å². The molecule has 2 N–H and O–H groups in total. The monoisotopic (exact) mass is 232 g/mol. The molecule has 1 amide bonds. The van der Waals surface area contributed by atoms with Crippen LogP contribution in [0.3, 0.4) is 0 Å². The first-order valence-electron chi connectivity index (χ1n) is 5.57. The van der Waals surface area contributed by atoms with E-state index in [1.54, 1.807) is 0 Å². The number of rotatable bonds is 2. The molecule has 2 aliphatic heterocycles. The number of aliphatic hydroxyl groups is 1. The van der Waals surface area contributed by atoms with Gasteiger partial charge in [-0.05, 0) is 6.42 Å². The molecule has 5 nitrogen and oxygen atoms in total. The summed E-state index contributed by atoms with van der Waals surface area (Å²) in [7, 11) is 0. The molecule has 0 aromatic heterocycles. The van der Waals surface area contributed by atoms with Gasteiger partial charge in [-0.1, -0.05) is 0 Å². The topological polar surface area (TPSA) is 64.0 Å². The molecule has 0 radical (unpaired) electrons. The van der Waals surface area contributed by atoms with Crippen LogP contribution in [0.5, 0.6) is 0 Å². The van der Waals surface area contributed by atoms with Crippen LogP contribution in [0.25, 0.3) is 0 Å². The second-order valence-electron chi connectivity index (χ2n) is 4.68. The van der Waals surface area contributed by atoms with Gasteiger partial charge in [-0.25, -0.2) is 9.18 Å². The highest BCUT2D eigenvalue weighted by Gasteiger charge is 2.38. The van der Waals surface area contributed by atoms with E-state index < -0.39 is 12.3 Å². The van der Waals surface area contributed by atoms with Crippen molar-refractivity contribution < 1.29 is 19.4 Å². The molecule has 0 aliphatic carbocycles. The van der Waals surface area contributed by atoms with Crippen molar-refractivity contribution in [3.8, 4) is 0 Å². The number of aliphatic hydroxyl groups excluding tert-OH is 1. The maximum atomic E-state index is 12.7. The SMILES string of the molecule is O=C(O)N1CC(CO)CC(N2CC(F)C2)C1. The molecule has 16 heavy (non-hydrogen) atoms. The molecule has 2 heterocycles. The van der Waals surface area contributed by atoms with Crippen molar-refractivity contribution in [2.75, 3.05) is 32.8 Å². The molecule has 92 valence electrons. The second-order valence-corrected chi connectivity index (χ2v) is 4.68. The van der Waals surface area contributed by atoms with Gasteiger partial charge in [0.1, 0.15) is 6.17 Å². The first-order chi connectivity index (χ1) is 7.60. The number of nitrogens with zero attached hydrogens (tertiary/aromatic N) is 2. The quantitative estimate of drug-likeness (QED) is 0.703. The molecule has 0 spiro atoms. The smallest absolute Gasteiger partial charge is 0.407 e. The molecule has 0 aromatic carbocycles. The van der Waals surface area contributed by atoms with Gasteiger partial charge in [0.25, 0.3) is 0 Å². The van der Waals surface area contributed by atoms with Crippen LogP contribution < -0.4 is 0 Å². The van der Waals surface area contributed by atoms with Crippen molar-refractivity contribution in [1.29, 1.82) is 0 Å². The van der Waals surface area contributed by atoms with Gasteiger partial charge in [-0.15, -0.1) is 0 Å². The molecule has 2 rings (SSSR count). The van der Waals surface area contributed by atoms with Crippen LogP contribution in [0.2, 0.25) is 0 Å². The number of carboxylic acid groups (broad SMARTS) is 1. The largest absolute Gasteiger partial charge is 0.465 e. The van der Waals surface area contributed by atoms with Gasteiger partial charge in [0.05, 0.1) is 0 Å². The fraction of sp³-hybridized carbons (Fsp3) is 0.900. The van der Waals surface area contributed by atoms with Crippen LogP contribution in [0, 0.1) is 5.92 Å². The van der Waals surface area contributed by atoms with E-state index in [4.69, 9.17) is 10.2 Å². The molecule has 2 fully saturated rings. The van der Waals surface area contributed by atoms with E-state index in [-0.39, 0.29) is 18.6 Å². The standard InChI is InChI=1S/C10H17FN2O3/c11-8-3-12(4-8)9-1-7(6-14)2-13(5-9)10(15)16/h7-9,14H,1-6H2,(H,15,16). The molecular formula is C10H17FN2O3. The zero-order valence-corrected chi connectivity index (χ0v) is 9.05. The summed E-state index contributed by atoms with van der Waals surface area (Å²) >= 11 is 0. The van der Waals surface area contributed by atoms with E-state index in [9.17, 15) is 9.18 Å². The van der Waals surface area contributed by atoms with Gasteiger partial charge in [0, 0.05) is 44.7 Å². The van der Waals surface area contributed by atoms with E-state index in [1.807, 2.05) is 4.90 Å². The predicted molar refractivity (Wildman–Crippen MR) is 55.0 cm³/mol. The fourth-order valence-corrected chi connectivity index (χ4v) is 2.48. The minimum Gasteiger partial charge on any atom is -0.465 e. The van der Waals surface area contributed by atoms with Crippen molar-refractivity contribution in [2.24, 2.45) is 5.92 Å². The van der Waals surface area contributed by atoms with E-state index >= 15 is 0 Å². The average Bonchev–Trinajstić information content (AvgIpc) is 2.24. The summed E-state index contributed by atoms with van der Waals surface area (Å²) in [6.45, 7) is 1.60. The zero-order chi connectivity index (χ0) is 11.7. The Morgan fingerprint density at radius 2 is 2.00 bits per heavy atom. The number of hydrogen-bond acceptors (Lipinski definition) is 3. The predicted octanol–water partition coefficient (Wildman–Crippen LogP) is 0.000900. The van der Waals surface area contributed by atoms with E-state index in [0.29, 0.717) is 26.2 Å². The third-order valence-electron chi connectivity index (χ3n) is 3.43. The third kappa shape index (κ3) is 2.27. The first-order valence-corrected chi connectivity index (χ1v) is 5.57. The molecular weight excluding hydrogens is 215 g/mol. The minimum absolute atomic E-state index is 0.00677. The van der Waals surface area contributed by atoms with Gasteiger partial charge in [-0.2, -0.15) is 0 Å². The Bertz CT molecular complexity index is 271. The summed E-state index contributed by atoms with van der Waals surface area (Å²) in [6, 6.07) is 0.0639. The third-order valence-corrected chi connectivity index (χ3v) is 3.43. The zero-order valence-electron chi connectivity index (χ0n) is 9.05. The maximum absolute atomic E-state index is 12.7. The molecule has 2 unspecified atom stereocenters. The highest BCUT2D eigenvalue weighted by Crippen LogP contribution is 2.25. The van der Waals surface area contributed by atoms with Gasteiger partial charge < -0.3 is 15.1 Å². The minimum atomic E-state index is -0.958. The normalized spacial score (nSPS) is 32.5. The fourth-order valence-electron chi connectivity index (χ4n) is 2.48. The van der Waals surface area contributed by atoms with Crippen LogP contribution in [0.15, 0.2) is 0 Å². The number of piperidine rings is 1. The molecule has 2 aliphatic rings. The Morgan fingerprint density at radius 1 is 1.31 bits per heavy atom. The molecule has 0 saturated carbocycles. The number of carbonyl (C=O) groups is 1. The Kier molecular flexibility index (Phi) is 3.30. The lowest BCUT2D eigenvalue weighted by Gasteiger charge is -2.46. The first kappa shape index (κ1) is 11.6. The van der Waals surface area contributed by atoms with Crippen molar-refractivity contribution in [3.63, 3.8) is 0 Å². The summed E-state index contributed by atoms with van der Waals surface area (Å²) in [5.74, 6) is -0.0199. The summed E-state index contributed by atoms with van der Waals surface area (Å²) in [6.07, 6.45) is -0.972. The van der Waals surface area contributed by atoms with E-state index in [0.717, 1.165) is 6.42 Å². The van der Waals surface area contributed by atoms with Gasteiger partial charge in [0.2, 0.25) is 0 Å².